The summed E-state index contributed by atoms with van der Waals surface area (Å²) < 4.78 is 1.91. The van der Waals surface area contributed by atoms with Crippen LogP contribution >= 0.6 is 0 Å². The van der Waals surface area contributed by atoms with Crippen molar-refractivity contribution in [3.05, 3.63) is 17.5 Å². The summed E-state index contributed by atoms with van der Waals surface area (Å²) in [5.74, 6) is 6.49. The molecule has 102 valence electrons. The summed E-state index contributed by atoms with van der Waals surface area (Å²) in [7, 11) is 1.99. The minimum atomic E-state index is 0.270. The Labute approximate surface area is 110 Å². The molecule has 4 nitrogen and oxygen atoms in total. The number of hydrogen-bond acceptors (Lipinski definition) is 3. The molecule has 1 heterocycles. The van der Waals surface area contributed by atoms with Gasteiger partial charge < -0.3 is 0 Å². The highest BCUT2D eigenvalue weighted by Crippen LogP contribution is 2.34. The number of nitrogens with two attached hydrogens (primary N) is 1. The van der Waals surface area contributed by atoms with Crippen molar-refractivity contribution in [3.63, 3.8) is 0 Å². The molecule has 1 aliphatic rings. The SMILES string of the molecule is CCc1nn(C)cc1C(NN)C1CCCCCC1. The Morgan fingerprint density at radius 1 is 1.39 bits per heavy atom. The molecule has 1 aromatic heterocycles. The lowest BCUT2D eigenvalue weighted by Crippen LogP contribution is -2.34. The predicted molar refractivity (Wildman–Crippen MR) is 73.8 cm³/mol. The van der Waals surface area contributed by atoms with Gasteiger partial charge in [0.1, 0.15) is 0 Å². The number of hydrazine groups is 1. The highest BCUT2D eigenvalue weighted by Gasteiger charge is 2.26. The lowest BCUT2D eigenvalue weighted by atomic mass is 9.87. The quantitative estimate of drug-likeness (QED) is 0.490. The van der Waals surface area contributed by atoms with Gasteiger partial charge in [0.05, 0.1) is 11.7 Å². The fourth-order valence-corrected chi connectivity index (χ4v) is 3.21. The third-order valence-corrected chi connectivity index (χ3v) is 4.16. The average Bonchev–Trinajstić information content (AvgIpc) is 2.58. The van der Waals surface area contributed by atoms with Crippen LogP contribution in [-0.2, 0) is 13.5 Å². The molecule has 0 bridgehead atoms. The van der Waals surface area contributed by atoms with E-state index < -0.39 is 0 Å². The highest BCUT2D eigenvalue weighted by atomic mass is 15.3. The minimum Gasteiger partial charge on any atom is -0.275 e. The molecule has 0 radical (unpaired) electrons. The van der Waals surface area contributed by atoms with Gasteiger partial charge in [-0.2, -0.15) is 5.10 Å². The van der Waals surface area contributed by atoms with Gasteiger partial charge >= 0.3 is 0 Å². The fourth-order valence-electron chi connectivity index (χ4n) is 3.21. The molecule has 0 amide bonds. The van der Waals surface area contributed by atoms with E-state index in [1.807, 2.05) is 11.7 Å². The van der Waals surface area contributed by atoms with Crippen molar-refractivity contribution in [2.45, 2.75) is 57.9 Å². The standard InChI is InChI=1S/C14H26N4/c1-3-13-12(10-18(2)17-13)14(16-15)11-8-6-4-5-7-9-11/h10-11,14,16H,3-9,15H2,1-2H3. The number of aryl methyl sites for hydroxylation is 2. The predicted octanol–water partition coefficient (Wildman–Crippen LogP) is 2.46. The monoisotopic (exact) mass is 250 g/mol. The first-order chi connectivity index (χ1) is 8.76. The molecule has 1 unspecified atom stereocenters. The van der Waals surface area contributed by atoms with Crippen LogP contribution in [0.2, 0.25) is 0 Å². The van der Waals surface area contributed by atoms with E-state index in [1.54, 1.807) is 0 Å². The second-order valence-electron chi connectivity index (χ2n) is 5.45. The molecule has 1 fully saturated rings. The first kappa shape index (κ1) is 13.6. The molecular weight excluding hydrogens is 224 g/mol. The molecule has 18 heavy (non-hydrogen) atoms. The molecule has 1 saturated carbocycles. The summed E-state index contributed by atoms with van der Waals surface area (Å²) in [6.07, 6.45) is 11.1. The Morgan fingerprint density at radius 3 is 2.61 bits per heavy atom. The van der Waals surface area contributed by atoms with E-state index in [0.717, 1.165) is 6.42 Å². The normalized spacial score (nSPS) is 19.7. The highest BCUT2D eigenvalue weighted by molar-refractivity contribution is 5.22. The van der Waals surface area contributed by atoms with E-state index in [4.69, 9.17) is 5.84 Å². The first-order valence-electron chi connectivity index (χ1n) is 7.24. The van der Waals surface area contributed by atoms with Gasteiger partial charge in [0.2, 0.25) is 0 Å². The summed E-state index contributed by atoms with van der Waals surface area (Å²) in [4.78, 5) is 0. The van der Waals surface area contributed by atoms with E-state index in [-0.39, 0.29) is 6.04 Å². The Kier molecular flexibility index (Phi) is 4.78. The van der Waals surface area contributed by atoms with Gasteiger partial charge in [-0.1, -0.05) is 32.6 Å². The molecule has 0 aliphatic heterocycles. The van der Waals surface area contributed by atoms with Crippen molar-refractivity contribution in [1.29, 1.82) is 0 Å². The molecule has 1 aromatic rings. The van der Waals surface area contributed by atoms with E-state index in [9.17, 15) is 0 Å². The summed E-state index contributed by atoms with van der Waals surface area (Å²) in [5.41, 5.74) is 5.54. The van der Waals surface area contributed by atoms with Gasteiger partial charge in [0, 0.05) is 18.8 Å². The largest absolute Gasteiger partial charge is 0.275 e. The Balaban J connectivity index is 2.20. The number of hydrogen-bond donors (Lipinski definition) is 2. The van der Waals surface area contributed by atoms with Crippen LogP contribution in [0.15, 0.2) is 6.20 Å². The Hall–Kier alpha value is -0.870. The zero-order valence-electron chi connectivity index (χ0n) is 11.7. The molecule has 0 aromatic carbocycles. The lowest BCUT2D eigenvalue weighted by Gasteiger charge is -2.25. The van der Waals surface area contributed by atoms with Gasteiger partial charge in [-0.05, 0) is 25.2 Å². The third-order valence-electron chi connectivity index (χ3n) is 4.16. The zero-order valence-corrected chi connectivity index (χ0v) is 11.7. The second-order valence-corrected chi connectivity index (χ2v) is 5.45. The molecule has 1 aliphatic carbocycles. The summed E-state index contributed by atoms with van der Waals surface area (Å²) >= 11 is 0. The van der Waals surface area contributed by atoms with Crippen molar-refractivity contribution in [1.82, 2.24) is 15.2 Å². The zero-order chi connectivity index (χ0) is 13.0. The second kappa shape index (κ2) is 6.34. The number of aromatic nitrogens is 2. The molecule has 4 heteroatoms. The van der Waals surface area contributed by atoms with E-state index in [2.05, 4.69) is 23.6 Å². The average molecular weight is 250 g/mol. The van der Waals surface area contributed by atoms with Gasteiger partial charge in [0.15, 0.2) is 0 Å². The molecule has 3 N–H and O–H groups in total. The topological polar surface area (TPSA) is 55.9 Å². The van der Waals surface area contributed by atoms with Gasteiger partial charge in [-0.15, -0.1) is 0 Å². The van der Waals surface area contributed by atoms with Crippen LogP contribution in [0.3, 0.4) is 0 Å². The van der Waals surface area contributed by atoms with Crippen LogP contribution in [0.5, 0.6) is 0 Å². The van der Waals surface area contributed by atoms with Crippen molar-refractivity contribution < 1.29 is 0 Å². The molecule has 0 spiro atoms. The van der Waals surface area contributed by atoms with Crippen LogP contribution in [0.4, 0.5) is 0 Å². The minimum absolute atomic E-state index is 0.270. The fraction of sp³-hybridized carbons (Fsp3) is 0.786. The van der Waals surface area contributed by atoms with Crippen LogP contribution in [-0.4, -0.2) is 9.78 Å². The van der Waals surface area contributed by atoms with Gasteiger partial charge in [0.25, 0.3) is 0 Å². The Morgan fingerprint density at radius 2 is 2.06 bits per heavy atom. The smallest absolute Gasteiger partial charge is 0.0670 e. The number of nitrogens with one attached hydrogen (secondary N) is 1. The van der Waals surface area contributed by atoms with E-state index >= 15 is 0 Å². The van der Waals surface area contributed by atoms with Crippen molar-refractivity contribution in [3.8, 4) is 0 Å². The first-order valence-corrected chi connectivity index (χ1v) is 7.24. The van der Waals surface area contributed by atoms with Gasteiger partial charge in [-0.25, -0.2) is 0 Å². The maximum Gasteiger partial charge on any atom is 0.0670 e. The molecule has 2 rings (SSSR count). The summed E-state index contributed by atoms with van der Waals surface area (Å²) in [6.45, 7) is 2.16. The third kappa shape index (κ3) is 2.93. The number of nitrogens with zero attached hydrogens (tertiary/aromatic N) is 2. The van der Waals surface area contributed by atoms with E-state index in [0.29, 0.717) is 5.92 Å². The van der Waals surface area contributed by atoms with Crippen molar-refractivity contribution in [2.75, 3.05) is 0 Å². The molecule has 1 atom stereocenters. The molecule has 0 saturated heterocycles. The van der Waals surface area contributed by atoms with Crippen LogP contribution in [0.1, 0.15) is 62.7 Å². The van der Waals surface area contributed by atoms with Crippen LogP contribution in [0.25, 0.3) is 0 Å². The summed E-state index contributed by atoms with van der Waals surface area (Å²) in [6, 6.07) is 0.270. The van der Waals surface area contributed by atoms with Crippen LogP contribution in [0, 0.1) is 5.92 Å². The van der Waals surface area contributed by atoms with Gasteiger partial charge in [-0.3, -0.25) is 16.0 Å². The van der Waals surface area contributed by atoms with E-state index in [1.165, 1.54) is 49.8 Å². The summed E-state index contributed by atoms with van der Waals surface area (Å²) in [5, 5.41) is 4.54. The van der Waals surface area contributed by atoms with Crippen LogP contribution < -0.4 is 11.3 Å². The number of rotatable bonds is 4. The van der Waals surface area contributed by atoms with Crippen molar-refractivity contribution >= 4 is 0 Å². The van der Waals surface area contributed by atoms with Crippen molar-refractivity contribution in [2.24, 2.45) is 18.8 Å². The maximum atomic E-state index is 5.83. The Bertz CT molecular complexity index is 364. The molecular formula is C14H26N4. The lowest BCUT2D eigenvalue weighted by molar-refractivity contribution is 0.327. The maximum absolute atomic E-state index is 5.83.